The predicted molar refractivity (Wildman–Crippen MR) is 96.7 cm³/mol. The van der Waals surface area contributed by atoms with Crippen LogP contribution in [0.4, 0.5) is 0 Å². The average Bonchev–Trinajstić information content (AvgIpc) is 2.98. The zero-order chi connectivity index (χ0) is 18.3. The number of hydrogen-bond donors (Lipinski definition) is 1. The van der Waals surface area contributed by atoms with Crippen molar-refractivity contribution in [2.24, 2.45) is 11.3 Å². The van der Waals surface area contributed by atoms with Crippen LogP contribution in [-0.4, -0.2) is 51.2 Å². The Bertz CT molecular complexity index is 847. The van der Waals surface area contributed by atoms with E-state index < -0.39 is 0 Å². The molecule has 1 aliphatic carbocycles. The minimum atomic E-state index is -0.205. The number of imidazole rings is 1. The number of aromatic nitrogens is 3. The van der Waals surface area contributed by atoms with E-state index in [4.69, 9.17) is 0 Å². The summed E-state index contributed by atoms with van der Waals surface area (Å²) in [4.78, 5) is 36.0. The van der Waals surface area contributed by atoms with Crippen molar-refractivity contribution >= 4 is 17.5 Å². The standard InChI is InChI=1S/C19H25N5O2/c1-13-22-15(16-21-9-4-10-24(13)16)17(25)23-11-5-14(6-12-23)19(7-3-8-19)18(26)20-2/h4,9-10,14H,3,5-8,11-12H2,1-2H3,(H,20,26). The maximum absolute atomic E-state index is 13.0. The van der Waals surface area contributed by atoms with Gasteiger partial charge in [0.15, 0.2) is 11.3 Å². The molecule has 0 bridgehead atoms. The lowest BCUT2D eigenvalue weighted by Gasteiger charge is -2.48. The van der Waals surface area contributed by atoms with Crippen molar-refractivity contribution in [2.45, 2.75) is 39.0 Å². The quantitative estimate of drug-likeness (QED) is 0.911. The summed E-state index contributed by atoms with van der Waals surface area (Å²) in [6.45, 7) is 3.22. The van der Waals surface area contributed by atoms with E-state index in [2.05, 4.69) is 15.3 Å². The molecular formula is C19H25N5O2. The SMILES string of the molecule is CNC(=O)C1(C2CCN(C(=O)c3nc(C)n4cccnc34)CC2)CCC1. The summed E-state index contributed by atoms with van der Waals surface area (Å²) in [5.74, 6) is 1.24. The minimum absolute atomic E-state index is 0.0599. The molecule has 0 unspecified atom stereocenters. The Balaban J connectivity index is 1.49. The molecule has 2 aromatic heterocycles. The van der Waals surface area contributed by atoms with Crippen molar-refractivity contribution in [3.8, 4) is 0 Å². The highest BCUT2D eigenvalue weighted by Gasteiger charge is 2.50. The molecule has 1 saturated carbocycles. The highest BCUT2D eigenvalue weighted by Crippen LogP contribution is 2.50. The lowest BCUT2D eigenvalue weighted by atomic mass is 9.58. The van der Waals surface area contributed by atoms with Crippen LogP contribution in [0.2, 0.25) is 0 Å². The lowest BCUT2D eigenvalue weighted by molar-refractivity contribution is -0.142. The predicted octanol–water partition coefficient (Wildman–Crippen LogP) is 1.81. The highest BCUT2D eigenvalue weighted by atomic mass is 16.2. The van der Waals surface area contributed by atoms with Crippen LogP contribution in [0.3, 0.4) is 0 Å². The van der Waals surface area contributed by atoms with Gasteiger partial charge in [-0.2, -0.15) is 0 Å². The molecule has 138 valence electrons. The Morgan fingerprint density at radius 3 is 2.62 bits per heavy atom. The van der Waals surface area contributed by atoms with Gasteiger partial charge in [-0.1, -0.05) is 6.42 Å². The van der Waals surface area contributed by atoms with E-state index in [1.165, 1.54) is 0 Å². The first-order valence-electron chi connectivity index (χ1n) is 9.38. The smallest absolute Gasteiger partial charge is 0.276 e. The number of likely N-dealkylation sites (tertiary alicyclic amines) is 1. The number of fused-ring (bicyclic) bond motifs is 1. The third kappa shape index (κ3) is 2.48. The first-order valence-corrected chi connectivity index (χ1v) is 9.38. The molecule has 0 spiro atoms. The number of carbonyl (C=O) groups excluding carboxylic acids is 2. The van der Waals surface area contributed by atoms with E-state index in [1.807, 2.05) is 28.5 Å². The zero-order valence-corrected chi connectivity index (χ0v) is 15.4. The van der Waals surface area contributed by atoms with Crippen molar-refractivity contribution in [3.63, 3.8) is 0 Å². The third-order valence-electron chi connectivity index (χ3n) is 6.27. The van der Waals surface area contributed by atoms with Crippen molar-refractivity contribution in [1.29, 1.82) is 0 Å². The maximum atomic E-state index is 13.0. The molecule has 7 nitrogen and oxygen atoms in total. The molecule has 1 aliphatic heterocycles. The summed E-state index contributed by atoms with van der Waals surface area (Å²) in [6.07, 6.45) is 8.37. The van der Waals surface area contributed by atoms with Crippen molar-refractivity contribution in [2.75, 3.05) is 20.1 Å². The number of amides is 2. The first kappa shape index (κ1) is 17.0. The van der Waals surface area contributed by atoms with Gasteiger partial charge in [0.2, 0.25) is 5.91 Å². The number of piperidine rings is 1. The number of nitrogens with one attached hydrogen (secondary N) is 1. The molecule has 0 aromatic carbocycles. The zero-order valence-electron chi connectivity index (χ0n) is 15.4. The van der Waals surface area contributed by atoms with Gasteiger partial charge in [-0.15, -0.1) is 0 Å². The number of hydrogen-bond acceptors (Lipinski definition) is 4. The average molecular weight is 355 g/mol. The van der Waals surface area contributed by atoms with E-state index in [0.717, 1.165) is 37.9 Å². The molecule has 26 heavy (non-hydrogen) atoms. The second-order valence-corrected chi connectivity index (χ2v) is 7.48. The van der Waals surface area contributed by atoms with Gasteiger partial charge in [0, 0.05) is 32.5 Å². The van der Waals surface area contributed by atoms with E-state index >= 15 is 0 Å². The number of rotatable bonds is 3. The Morgan fingerprint density at radius 2 is 2.00 bits per heavy atom. The molecule has 4 rings (SSSR count). The fourth-order valence-electron chi connectivity index (χ4n) is 4.63. The highest BCUT2D eigenvalue weighted by molar-refractivity contribution is 5.98. The monoisotopic (exact) mass is 355 g/mol. The molecule has 2 aliphatic rings. The summed E-state index contributed by atoms with van der Waals surface area (Å²) in [5, 5.41) is 2.85. The van der Waals surface area contributed by atoms with E-state index in [9.17, 15) is 9.59 Å². The van der Waals surface area contributed by atoms with Crippen molar-refractivity contribution < 1.29 is 9.59 Å². The second-order valence-electron chi connectivity index (χ2n) is 7.48. The Kier molecular flexibility index (Phi) is 4.17. The van der Waals surface area contributed by atoms with E-state index in [-0.39, 0.29) is 17.2 Å². The summed E-state index contributed by atoms with van der Waals surface area (Å²) in [5.41, 5.74) is 0.826. The van der Waals surface area contributed by atoms with Gasteiger partial charge in [0.05, 0.1) is 5.41 Å². The summed E-state index contributed by atoms with van der Waals surface area (Å²) in [7, 11) is 1.72. The fraction of sp³-hybridized carbons (Fsp3) is 0.579. The van der Waals surface area contributed by atoms with Gasteiger partial charge in [-0.05, 0) is 44.6 Å². The largest absolute Gasteiger partial charge is 0.359 e. The van der Waals surface area contributed by atoms with E-state index in [1.54, 1.807) is 13.2 Å². The summed E-state index contributed by atoms with van der Waals surface area (Å²) in [6, 6.07) is 1.83. The Morgan fingerprint density at radius 1 is 1.27 bits per heavy atom. The number of carbonyl (C=O) groups is 2. The molecule has 1 N–H and O–H groups in total. The fourth-order valence-corrected chi connectivity index (χ4v) is 4.63. The van der Waals surface area contributed by atoms with Crippen LogP contribution in [0.25, 0.3) is 5.65 Å². The minimum Gasteiger partial charge on any atom is -0.359 e. The van der Waals surface area contributed by atoms with Crippen LogP contribution in [0.5, 0.6) is 0 Å². The van der Waals surface area contributed by atoms with Gasteiger partial charge >= 0.3 is 0 Å². The second kappa shape index (κ2) is 6.37. The summed E-state index contributed by atoms with van der Waals surface area (Å²) < 4.78 is 1.84. The lowest BCUT2D eigenvalue weighted by Crippen LogP contribution is -2.53. The Labute approximate surface area is 152 Å². The van der Waals surface area contributed by atoms with Gasteiger partial charge in [-0.25, -0.2) is 9.97 Å². The normalized spacial score (nSPS) is 20.0. The first-order chi connectivity index (χ1) is 12.6. The molecular weight excluding hydrogens is 330 g/mol. The van der Waals surface area contributed by atoms with Crippen LogP contribution >= 0.6 is 0 Å². The molecule has 0 atom stereocenters. The van der Waals surface area contributed by atoms with Crippen LogP contribution in [0.15, 0.2) is 18.5 Å². The van der Waals surface area contributed by atoms with Crippen molar-refractivity contribution in [3.05, 3.63) is 30.0 Å². The van der Waals surface area contributed by atoms with E-state index in [0.29, 0.717) is 30.3 Å². The molecule has 2 fully saturated rings. The maximum Gasteiger partial charge on any atom is 0.276 e. The molecule has 1 saturated heterocycles. The number of nitrogens with zero attached hydrogens (tertiary/aromatic N) is 4. The van der Waals surface area contributed by atoms with Crippen LogP contribution in [-0.2, 0) is 4.79 Å². The van der Waals surface area contributed by atoms with Gasteiger partial charge in [-0.3, -0.25) is 14.0 Å². The molecule has 7 heteroatoms. The topological polar surface area (TPSA) is 79.6 Å². The van der Waals surface area contributed by atoms with Gasteiger partial charge in [0.1, 0.15) is 5.82 Å². The molecule has 3 heterocycles. The van der Waals surface area contributed by atoms with Crippen LogP contribution in [0.1, 0.15) is 48.4 Å². The van der Waals surface area contributed by atoms with Gasteiger partial charge < -0.3 is 10.2 Å². The molecule has 0 radical (unpaired) electrons. The van der Waals surface area contributed by atoms with Crippen LogP contribution in [0, 0.1) is 18.3 Å². The number of aryl methyl sites for hydroxylation is 1. The molecule has 2 amide bonds. The third-order valence-corrected chi connectivity index (χ3v) is 6.27. The summed E-state index contributed by atoms with van der Waals surface area (Å²) >= 11 is 0. The van der Waals surface area contributed by atoms with Crippen molar-refractivity contribution in [1.82, 2.24) is 24.6 Å². The Hall–Kier alpha value is -2.44. The van der Waals surface area contributed by atoms with Crippen LogP contribution < -0.4 is 5.32 Å². The van der Waals surface area contributed by atoms with Gasteiger partial charge in [0.25, 0.3) is 5.91 Å². The molecule has 2 aromatic rings.